The Morgan fingerprint density at radius 1 is 0.947 bits per heavy atom. The molecule has 0 saturated carbocycles. The minimum atomic E-state index is -0.213. The molecule has 0 bridgehead atoms. The summed E-state index contributed by atoms with van der Waals surface area (Å²) in [7, 11) is 0. The molecule has 1 fully saturated rings. The molecule has 0 N–H and O–H groups in total. The molecular formula is C14H24O4S. The summed E-state index contributed by atoms with van der Waals surface area (Å²) in [6.45, 7) is 8.89. The van der Waals surface area contributed by atoms with Crippen molar-refractivity contribution in [2.75, 3.05) is 13.2 Å². The van der Waals surface area contributed by atoms with Crippen LogP contribution < -0.4 is 0 Å². The summed E-state index contributed by atoms with van der Waals surface area (Å²) in [5.74, 6) is 0.278. The Morgan fingerprint density at radius 3 is 1.63 bits per heavy atom. The monoisotopic (exact) mass is 288 g/mol. The van der Waals surface area contributed by atoms with Crippen LogP contribution in [0.5, 0.6) is 0 Å². The van der Waals surface area contributed by atoms with Gasteiger partial charge < -0.3 is 9.47 Å². The van der Waals surface area contributed by atoms with Gasteiger partial charge >= 0.3 is 11.9 Å². The molecule has 1 rings (SSSR count). The lowest BCUT2D eigenvalue weighted by atomic mass is 10.2. The van der Waals surface area contributed by atoms with E-state index >= 15 is 0 Å². The van der Waals surface area contributed by atoms with Crippen LogP contribution in [-0.2, 0) is 19.1 Å². The zero-order valence-electron chi connectivity index (χ0n) is 12.2. The van der Waals surface area contributed by atoms with Gasteiger partial charge in [0, 0.05) is 0 Å². The predicted molar refractivity (Wildman–Crippen MR) is 76.0 cm³/mol. The highest BCUT2D eigenvalue weighted by Gasteiger charge is 2.36. The average molecular weight is 288 g/mol. The van der Waals surface area contributed by atoms with E-state index < -0.39 is 0 Å². The van der Waals surface area contributed by atoms with Gasteiger partial charge in [-0.05, 0) is 24.7 Å². The van der Waals surface area contributed by atoms with Gasteiger partial charge in [-0.2, -0.15) is 0 Å². The van der Waals surface area contributed by atoms with Crippen LogP contribution in [0.1, 0.15) is 40.5 Å². The lowest BCUT2D eigenvalue weighted by Crippen LogP contribution is -2.22. The first-order valence-corrected chi connectivity index (χ1v) is 7.83. The van der Waals surface area contributed by atoms with E-state index in [4.69, 9.17) is 9.47 Å². The van der Waals surface area contributed by atoms with E-state index in [1.165, 1.54) is 11.8 Å². The normalized spacial score (nSPS) is 22.8. The Labute approximate surface area is 119 Å². The number of carbonyl (C=O) groups excluding carboxylic acids is 2. The number of hydrogen-bond donors (Lipinski definition) is 0. The first-order chi connectivity index (χ1) is 8.90. The SMILES string of the molecule is CC(C)COC(=O)C1CCC(C(=O)OCC(C)C)S1. The summed E-state index contributed by atoms with van der Waals surface area (Å²) >= 11 is 1.38. The van der Waals surface area contributed by atoms with Crippen LogP contribution >= 0.6 is 11.8 Å². The zero-order chi connectivity index (χ0) is 14.4. The number of ether oxygens (including phenoxy) is 2. The van der Waals surface area contributed by atoms with Crippen molar-refractivity contribution in [3.05, 3.63) is 0 Å². The number of carbonyl (C=O) groups is 2. The highest BCUT2D eigenvalue weighted by molar-refractivity contribution is 8.02. The van der Waals surface area contributed by atoms with Gasteiger partial charge in [-0.15, -0.1) is 11.8 Å². The molecule has 1 aliphatic heterocycles. The van der Waals surface area contributed by atoms with E-state index in [1.54, 1.807) is 0 Å². The van der Waals surface area contributed by atoms with Crippen LogP contribution in [0.25, 0.3) is 0 Å². The van der Waals surface area contributed by atoms with Gasteiger partial charge in [0.25, 0.3) is 0 Å². The van der Waals surface area contributed by atoms with Crippen molar-refractivity contribution in [3.63, 3.8) is 0 Å². The van der Waals surface area contributed by atoms with E-state index in [-0.39, 0.29) is 22.4 Å². The van der Waals surface area contributed by atoms with Gasteiger partial charge in [0.1, 0.15) is 10.5 Å². The molecule has 1 saturated heterocycles. The minimum Gasteiger partial charge on any atom is -0.465 e. The predicted octanol–water partition coefficient (Wildman–Crippen LogP) is 2.65. The third-order valence-electron chi connectivity index (χ3n) is 2.66. The lowest BCUT2D eigenvalue weighted by Gasteiger charge is -2.13. The number of esters is 2. The summed E-state index contributed by atoms with van der Waals surface area (Å²) in [6.07, 6.45) is 1.39. The second kappa shape index (κ2) is 7.78. The highest BCUT2D eigenvalue weighted by Crippen LogP contribution is 2.35. The number of rotatable bonds is 6. The molecule has 110 valence electrons. The van der Waals surface area contributed by atoms with Crippen molar-refractivity contribution in [2.45, 2.75) is 51.0 Å². The van der Waals surface area contributed by atoms with Crippen molar-refractivity contribution in [1.29, 1.82) is 0 Å². The minimum absolute atomic E-state index is 0.196. The van der Waals surface area contributed by atoms with Crippen LogP contribution in [0, 0.1) is 11.8 Å². The molecule has 0 aromatic carbocycles. The Hall–Kier alpha value is -0.710. The molecule has 0 radical (unpaired) electrons. The van der Waals surface area contributed by atoms with E-state index in [2.05, 4.69) is 0 Å². The number of thioether (sulfide) groups is 1. The topological polar surface area (TPSA) is 52.6 Å². The molecule has 5 heteroatoms. The maximum atomic E-state index is 11.8. The first kappa shape index (κ1) is 16.3. The third-order valence-corrected chi connectivity index (χ3v) is 4.18. The van der Waals surface area contributed by atoms with E-state index in [1.807, 2.05) is 27.7 Å². The van der Waals surface area contributed by atoms with Crippen LogP contribution in [0.4, 0.5) is 0 Å². The first-order valence-electron chi connectivity index (χ1n) is 6.88. The third kappa shape index (κ3) is 5.85. The summed E-state index contributed by atoms with van der Waals surface area (Å²) in [5.41, 5.74) is 0. The molecule has 4 nitrogen and oxygen atoms in total. The molecule has 2 atom stereocenters. The van der Waals surface area contributed by atoms with E-state index in [9.17, 15) is 9.59 Å². The smallest absolute Gasteiger partial charge is 0.319 e. The average Bonchev–Trinajstić information content (AvgIpc) is 2.82. The molecule has 19 heavy (non-hydrogen) atoms. The van der Waals surface area contributed by atoms with E-state index in [0.29, 0.717) is 37.9 Å². The van der Waals surface area contributed by atoms with Crippen molar-refractivity contribution < 1.29 is 19.1 Å². The van der Waals surface area contributed by atoms with Gasteiger partial charge in [-0.1, -0.05) is 27.7 Å². The second-order valence-electron chi connectivity index (χ2n) is 5.74. The van der Waals surface area contributed by atoms with Gasteiger partial charge in [-0.3, -0.25) is 9.59 Å². The molecule has 0 amide bonds. The Morgan fingerprint density at radius 2 is 1.32 bits per heavy atom. The molecule has 2 unspecified atom stereocenters. The Kier molecular flexibility index (Phi) is 6.69. The molecule has 0 spiro atoms. The molecule has 0 aromatic rings. The van der Waals surface area contributed by atoms with Crippen molar-refractivity contribution >= 4 is 23.7 Å². The van der Waals surface area contributed by atoms with Gasteiger partial charge in [-0.25, -0.2) is 0 Å². The Bertz CT molecular complexity index is 285. The van der Waals surface area contributed by atoms with Crippen molar-refractivity contribution in [2.24, 2.45) is 11.8 Å². The van der Waals surface area contributed by atoms with Gasteiger partial charge in [0.05, 0.1) is 13.2 Å². The summed E-state index contributed by atoms with van der Waals surface area (Å²) in [5, 5.41) is -0.425. The fraction of sp³-hybridized carbons (Fsp3) is 0.857. The fourth-order valence-corrected chi connectivity index (χ4v) is 2.97. The number of hydrogen-bond acceptors (Lipinski definition) is 5. The fourth-order valence-electron chi connectivity index (χ4n) is 1.67. The lowest BCUT2D eigenvalue weighted by molar-refractivity contribution is -0.145. The molecular weight excluding hydrogens is 264 g/mol. The van der Waals surface area contributed by atoms with Crippen LogP contribution in [0.2, 0.25) is 0 Å². The maximum absolute atomic E-state index is 11.8. The summed E-state index contributed by atoms with van der Waals surface area (Å²) in [4.78, 5) is 23.6. The summed E-state index contributed by atoms with van der Waals surface area (Å²) < 4.78 is 10.4. The van der Waals surface area contributed by atoms with E-state index in [0.717, 1.165) is 0 Å². The zero-order valence-corrected chi connectivity index (χ0v) is 13.0. The summed E-state index contributed by atoms with van der Waals surface area (Å²) in [6, 6.07) is 0. The van der Waals surface area contributed by atoms with Crippen molar-refractivity contribution in [1.82, 2.24) is 0 Å². The highest BCUT2D eigenvalue weighted by atomic mass is 32.2. The molecule has 0 aliphatic carbocycles. The van der Waals surface area contributed by atoms with Crippen molar-refractivity contribution in [3.8, 4) is 0 Å². The molecule has 0 aromatic heterocycles. The maximum Gasteiger partial charge on any atom is 0.319 e. The molecule has 1 aliphatic rings. The van der Waals surface area contributed by atoms with Gasteiger partial charge in [0.2, 0.25) is 0 Å². The van der Waals surface area contributed by atoms with Crippen LogP contribution in [-0.4, -0.2) is 35.7 Å². The van der Waals surface area contributed by atoms with Gasteiger partial charge in [0.15, 0.2) is 0 Å². The molecule has 1 heterocycles. The van der Waals surface area contributed by atoms with Crippen LogP contribution in [0.15, 0.2) is 0 Å². The van der Waals surface area contributed by atoms with Crippen LogP contribution in [0.3, 0.4) is 0 Å². The standard InChI is InChI=1S/C14H24O4S/c1-9(2)7-17-13(15)11-5-6-12(19-11)14(16)18-8-10(3)4/h9-12H,5-8H2,1-4H3. The quantitative estimate of drug-likeness (QED) is 0.703. The Balaban J connectivity index is 2.32. The second-order valence-corrected chi connectivity index (χ2v) is 7.15. The largest absolute Gasteiger partial charge is 0.465 e.